The number of rotatable bonds is 0. The third kappa shape index (κ3) is 1180. The van der Waals surface area contributed by atoms with E-state index in [1.54, 1.807) is 0 Å². The largest absolute Gasteiger partial charge is 1.00 e. The maximum Gasteiger partial charge on any atom is 1.00 e. The van der Waals surface area contributed by atoms with Gasteiger partial charge in [-0.15, -0.1) is 0 Å². The van der Waals surface area contributed by atoms with Gasteiger partial charge >= 0.3 is 473 Å². The SMILES string of the molecule is O=[Si]([O-])[O-].O=[Si]([O-])[O-].O=[Si]([O-])[O-].O=[Si]([O-])[O-].O=[Si]([O-])[O-].O=[Si]([O-])[O-].O=[Si]([O-])[O-].O=[Si]([O-])[O-].[Na+].[Na+].[Na+].[Na+].[Na+].[Na+].[Na+].[Na+].[Na+].[Na+].[Na+].[Na+].[Na+].[Na+].[Na+].[Na+]. The molecule has 0 aromatic heterocycles. The van der Waals surface area contributed by atoms with Crippen LogP contribution < -0.4 is 550 Å². The first-order valence-corrected chi connectivity index (χ1v) is 14.7. The number of hydrogen-bond donors (Lipinski definition) is 0. The van der Waals surface area contributed by atoms with Crippen LogP contribution in [-0.2, 0) is 35.7 Å². The van der Waals surface area contributed by atoms with E-state index in [2.05, 4.69) is 0 Å². The molecule has 0 aromatic rings. The van der Waals surface area contributed by atoms with Crippen molar-refractivity contribution in [3.8, 4) is 0 Å². The summed E-state index contributed by atoms with van der Waals surface area (Å²) < 4.78 is 68.1. The molecule has 0 spiro atoms. The molecule has 0 bridgehead atoms. The molecule has 192 valence electrons. The molecule has 0 aliphatic carbocycles. The molecular weight excluding hydrogens is 977 g/mol. The Bertz CT molecular complexity index is 398. The zero-order valence-electron chi connectivity index (χ0n) is 29.8. The van der Waals surface area contributed by atoms with E-state index in [-0.39, 0.29) is 473 Å². The molecule has 24 nitrogen and oxygen atoms in total. The molecule has 0 N–H and O–H groups in total. The molecule has 0 fully saturated rings. The van der Waals surface area contributed by atoms with Crippen molar-refractivity contribution in [1.82, 2.24) is 0 Å². The maximum atomic E-state index is 8.52. The normalized spacial score (nSPS) is 4.00. The monoisotopic (exact) mass is 976 g/mol. The van der Waals surface area contributed by atoms with Gasteiger partial charge in [-0.05, 0) is 0 Å². The summed E-state index contributed by atoms with van der Waals surface area (Å²) in [5, 5.41) is 0. The molecule has 0 saturated carbocycles. The first kappa shape index (κ1) is 160. The van der Waals surface area contributed by atoms with Gasteiger partial charge < -0.3 is 112 Å². The van der Waals surface area contributed by atoms with Gasteiger partial charge in [0.2, 0.25) is 0 Å². The first-order valence-electron chi connectivity index (χ1n) is 4.90. The van der Waals surface area contributed by atoms with Crippen molar-refractivity contribution in [2.45, 2.75) is 0 Å². The third-order valence-electron chi connectivity index (χ3n) is 0. The minimum Gasteiger partial charge on any atom is -0.672 e. The first-order chi connectivity index (χ1) is 13.9. The van der Waals surface area contributed by atoms with Crippen LogP contribution in [0.3, 0.4) is 0 Å². The third-order valence-corrected chi connectivity index (χ3v) is 0. The molecule has 0 aliphatic heterocycles. The summed E-state index contributed by atoms with van der Waals surface area (Å²) in [6.07, 6.45) is 0. The Morgan fingerprint density at radius 1 is 0.146 bits per heavy atom. The molecule has 0 atom stereocenters. The molecule has 48 heavy (non-hydrogen) atoms. The van der Waals surface area contributed by atoms with Gasteiger partial charge in [-0.25, -0.2) is 0 Å². The quantitative estimate of drug-likeness (QED) is 0.203. The maximum absolute atomic E-state index is 8.52. The van der Waals surface area contributed by atoms with Crippen LogP contribution in [0.25, 0.3) is 0 Å². The molecule has 0 amide bonds. The van der Waals surface area contributed by atoms with Gasteiger partial charge in [0.1, 0.15) is 0 Å². The fourth-order valence-corrected chi connectivity index (χ4v) is 0. The molecule has 0 aromatic carbocycles. The molecule has 0 aliphatic rings. The molecule has 0 radical (unpaired) electrons. The summed E-state index contributed by atoms with van der Waals surface area (Å²) in [5.41, 5.74) is 0. The number of hydrogen-bond acceptors (Lipinski definition) is 24. The summed E-state index contributed by atoms with van der Waals surface area (Å²) in [5.74, 6) is 0. The topological polar surface area (TPSA) is 506 Å². The Kier molecular flexibility index (Phi) is 510. The average molecular weight is 977 g/mol. The minimum atomic E-state index is -3.63. The molecule has 0 unspecified atom stereocenters. The summed E-state index contributed by atoms with van der Waals surface area (Å²) in [6, 6.07) is 0. The van der Waals surface area contributed by atoms with Gasteiger partial charge in [0, 0.05) is 73.4 Å². The Morgan fingerprint density at radius 2 is 0.146 bits per heavy atom. The second-order valence-corrected chi connectivity index (χ2v) is 6.00. The van der Waals surface area contributed by atoms with E-state index >= 15 is 0 Å². The van der Waals surface area contributed by atoms with Gasteiger partial charge in [0.25, 0.3) is 0 Å². The Morgan fingerprint density at radius 3 is 0.146 bits per heavy atom. The second-order valence-electron chi connectivity index (χ2n) is 2.00. The van der Waals surface area contributed by atoms with E-state index in [4.69, 9.17) is 112 Å². The van der Waals surface area contributed by atoms with Crippen LogP contribution in [0.15, 0.2) is 0 Å². The summed E-state index contributed by atoms with van der Waals surface area (Å²) in [6.45, 7) is 0. The van der Waals surface area contributed by atoms with Gasteiger partial charge in [-0.3, -0.25) is 0 Å². The molecule has 0 rings (SSSR count). The van der Waals surface area contributed by atoms with Crippen molar-refractivity contribution in [3.05, 3.63) is 0 Å². The Balaban J connectivity index is -0.00000000595. The van der Waals surface area contributed by atoms with Crippen LogP contribution in [0.5, 0.6) is 0 Å². The van der Waals surface area contributed by atoms with Gasteiger partial charge in [-0.1, -0.05) is 0 Å². The van der Waals surface area contributed by atoms with Crippen LogP contribution in [0.2, 0.25) is 0 Å². The molecule has 48 heteroatoms. The van der Waals surface area contributed by atoms with Crippen LogP contribution in [-0.4, -0.2) is 73.4 Å². The second kappa shape index (κ2) is 153. The van der Waals surface area contributed by atoms with Gasteiger partial charge in [-0.2, -0.15) is 0 Å². The van der Waals surface area contributed by atoms with Crippen LogP contribution in [0.1, 0.15) is 0 Å². The molecule has 0 saturated heterocycles. The van der Waals surface area contributed by atoms with Gasteiger partial charge in [0.05, 0.1) is 0 Å². The van der Waals surface area contributed by atoms with E-state index in [0.29, 0.717) is 0 Å². The Hall–Kier alpha value is 12.9. The van der Waals surface area contributed by atoms with E-state index in [1.807, 2.05) is 0 Å². The van der Waals surface area contributed by atoms with Crippen molar-refractivity contribution in [1.29, 1.82) is 0 Å². The predicted octanol–water partition coefficient (Wildman–Crippen LogP) is -71.0. The fraction of sp³-hybridized carbons (Fsp3) is 0. The van der Waals surface area contributed by atoms with Crippen molar-refractivity contribution in [2.24, 2.45) is 0 Å². The van der Waals surface area contributed by atoms with E-state index in [9.17, 15) is 0 Å². The zero-order chi connectivity index (χ0) is 28.6. The molecular formula is Na16O24Si8. The van der Waals surface area contributed by atoms with E-state index in [0.717, 1.165) is 0 Å². The fourth-order valence-electron chi connectivity index (χ4n) is 0. The van der Waals surface area contributed by atoms with Crippen molar-refractivity contribution < 1.29 is 585 Å². The molecule has 0 heterocycles. The minimum absolute atomic E-state index is 0. The van der Waals surface area contributed by atoms with Crippen molar-refractivity contribution >= 4 is 73.4 Å². The van der Waals surface area contributed by atoms with E-state index in [1.165, 1.54) is 0 Å². The summed E-state index contributed by atoms with van der Waals surface area (Å²) in [7, 11) is -29.0. The smallest absolute Gasteiger partial charge is 0.672 e. The van der Waals surface area contributed by atoms with Crippen LogP contribution in [0, 0.1) is 0 Å². The standard InChI is InChI=1S/16Na.8O3Si/c;;;;;;;;;;;;;;;;8*1-4(2)3/q16*+1;8*-2. The predicted molar refractivity (Wildman–Crippen MR) is 51.5 cm³/mol. The van der Waals surface area contributed by atoms with Gasteiger partial charge in [0.15, 0.2) is 0 Å². The van der Waals surface area contributed by atoms with E-state index < -0.39 is 73.4 Å². The van der Waals surface area contributed by atoms with Crippen molar-refractivity contribution in [2.75, 3.05) is 0 Å². The van der Waals surface area contributed by atoms with Crippen LogP contribution in [0.4, 0.5) is 0 Å². The van der Waals surface area contributed by atoms with Crippen molar-refractivity contribution in [3.63, 3.8) is 0 Å². The summed E-state index contributed by atoms with van der Waals surface area (Å²) in [4.78, 5) is 136. The summed E-state index contributed by atoms with van der Waals surface area (Å²) >= 11 is 0. The Labute approximate surface area is 640 Å². The van der Waals surface area contributed by atoms with Crippen LogP contribution >= 0.6 is 0 Å². The zero-order valence-corrected chi connectivity index (χ0v) is 69.8. The average Bonchev–Trinajstić information content (AvgIpc) is 2.30.